The number of hydrogen-bond donors (Lipinski definition) is 4. The van der Waals surface area contributed by atoms with Gasteiger partial charge in [0.05, 0.1) is 0 Å². The van der Waals surface area contributed by atoms with Gasteiger partial charge >= 0.3 is 0 Å². The van der Waals surface area contributed by atoms with E-state index < -0.39 is 0 Å². The minimum atomic E-state index is -0.0764. The number of phenols is 4. The van der Waals surface area contributed by atoms with Gasteiger partial charge in [-0.15, -0.1) is 0 Å². The molecule has 0 aromatic heterocycles. The summed E-state index contributed by atoms with van der Waals surface area (Å²) < 4.78 is 0. The molecule has 4 N–H and O–H groups in total. The lowest BCUT2D eigenvalue weighted by molar-refractivity contribution is 0.404. The molecule has 4 nitrogen and oxygen atoms in total. The van der Waals surface area contributed by atoms with Crippen LogP contribution >= 0.6 is 0 Å². The van der Waals surface area contributed by atoms with Crippen LogP contribution in [0.3, 0.4) is 0 Å². The van der Waals surface area contributed by atoms with E-state index in [-0.39, 0.29) is 23.0 Å². The highest BCUT2D eigenvalue weighted by Crippen LogP contribution is 2.23. The number of hydrogen-bond acceptors (Lipinski definition) is 4. The molecule has 3 aromatic carbocycles. The first kappa shape index (κ1) is 15.3. The van der Waals surface area contributed by atoms with Gasteiger partial charge in [0.25, 0.3) is 0 Å². The molecule has 0 saturated carbocycles. The van der Waals surface area contributed by atoms with Crippen LogP contribution in [0.4, 0.5) is 0 Å². The minimum Gasteiger partial charge on any atom is -0.508 e. The molecule has 0 aliphatic heterocycles. The van der Waals surface area contributed by atoms with Crippen LogP contribution in [0.1, 0.15) is 0 Å². The number of phenolic OH excluding ortho intramolecular Hbond substituents is 4. The van der Waals surface area contributed by atoms with E-state index >= 15 is 0 Å². The fourth-order valence-corrected chi connectivity index (χ4v) is 1.77. The van der Waals surface area contributed by atoms with Crippen molar-refractivity contribution >= 4 is 0 Å². The molecule has 0 aliphatic carbocycles. The zero-order chi connectivity index (χ0) is 15.9. The SMILES string of the molecule is Oc1ccc(-c2ccc(O)cc2)cc1.Oc1ccccc1O. The Labute approximate surface area is 128 Å². The normalized spacial score (nSPS) is 9.64. The molecule has 0 aliphatic rings. The summed E-state index contributed by atoms with van der Waals surface area (Å²) in [5, 5.41) is 35.6. The third-order valence-electron chi connectivity index (χ3n) is 2.95. The first-order valence-corrected chi connectivity index (χ1v) is 6.61. The minimum absolute atomic E-state index is 0.0764. The Balaban J connectivity index is 0.000000188. The predicted molar refractivity (Wildman–Crippen MR) is 85.0 cm³/mol. The zero-order valence-corrected chi connectivity index (χ0v) is 11.7. The van der Waals surface area contributed by atoms with E-state index in [1.165, 1.54) is 12.1 Å². The molecule has 3 rings (SSSR count). The lowest BCUT2D eigenvalue weighted by atomic mass is 10.1. The molecule has 0 fully saturated rings. The van der Waals surface area contributed by atoms with E-state index in [4.69, 9.17) is 20.4 Å². The molecule has 3 aromatic rings. The summed E-state index contributed by atoms with van der Waals surface area (Å²) in [6.45, 7) is 0. The van der Waals surface area contributed by atoms with Gasteiger partial charge in [0, 0.05) is 0 Å². The molecule has 0 radical (unpaired) electrons. The summed E-state index contributed by atoms with van der Waals surface area (Å²) in [7, 11) is 0. The van der Waals surface area contributed by atoms with E-state index in [0.29, 0.717) is 0 Å². The van der Waals surface area contributed by atoms with Crippen LogP contribution in [0.5, 0.6) is 23.0 Å². The molecule has 112 valence electrons. The van der Waals surface area contributed by atoms with Gasteiger partial charge in [-0.3, -0.25) is 0 Å². The number of aromatic hydroxyl groups is 4. The van der Waals surface area contributed by atoms with Gasteiger partial charge in [0.1, 0.15) is 11.5 Å². The molecule has 4 heteroatoms. The van der Waals surface area contributed by atoms with E-state index in [9.17, 15) is 0 Å². The topological polar surface area (TPSA) is 80.9 Å². The second kappa shape index (κ2) is 7.04. The maximum atomic E-state index is 9.11. The molecular weight excluding hydrogens is 280 g/mol. The van der Waals surface area contributed by atoms with Gasteiger partial charge in [-0.1, -0.05) is 36.4 Å². The van der Waals surface area contributed by atoms with Crippen LogP contribution < -0.4 is 0 Å². The van der Waals surface area contributed by atoms with Gasteiger partial charge in [-0.25, -0.2) is 0 Å². The van der Waals surface area contributed by atoms with Crippen molar-refractivity contribution in [1.82, 2.24) is 0 Å². The largest absolute Gasteiger partial charge is 0.508 e. The Morgan fingerprint density at radius 1 is 0.409 bits per heavy atom. The molecule has 0 unspecified atom stereocenters. The number of rotatable bonds is 1. The summed E-state index contributed by atoms with van der Waals surface area (Å²) in [6, 6.07) is 20.1. The number of para-hydroxylation sites is 2. The fraction of sp³-hybridized carbons (Fsp3) is 0. The third-order valence-corrected chi connectivity index (χ3v) is 2.95. The van der Waals surface area contributed by atoms with Crippen molar-refractivity contribution in [3.05, 3.63) is 72.8 Å². The van der Waals surface area contributed by atoms with Crippen LogP contribution in [0.2, 0.25) is 0 Å². The highest BCUT2D eigenvalue weighted by Gasteiger charge is 1.97. The lowest BCUT2D eigenvalue weighted by Crippen LogP contribution is -1.75. The molecule has 0 spiro atoms. The Morgan fingerprint density at radius 3 is 1.00 bits per heavy atom. The van der Waals surface area contributed by atoms with Crippen molar-refractivity contribution in [2.75, 3.05) is 0 Å². The summed E-state index contributed by atoms with van der Waals surface area (Å²) in [5.74, 6) is 0.361. The molecule has 0 saturated heterocycles. The van der Waals surface area contributed by atoms with Gasteiger partial charge in [0.2, 0.25) is 0 Å². The van der Waals surface area contributed by atoms with Crippen molar-refractivity contribution in [2.24, 2.45) is 0 Å². The maximum Gasteiger partial charge on any atom is 0.157 e. The summed E-state index contributed by atoms with van der Waals surface area (Å²) >= 11 is 0. The van der Waals surface area contributed by atoms with Gasteiger partial charge in [0.15, 0.2) is 11.5 Å². The van der Waals surface area contributed by atoms with Crippen molar-refractivity contribution in [3.8, 4) is 34.1 Å². The first-order valence-electron chi connectivity index (χ1n) is 6.61. The smallest absolute Gasteiger partial charge is 0.157 e. The molecule has 0 atom stereocenters. The van der Waals surface area contributed by atoms with Crippen molar-refractivity contribution < 1.29 is 20.4 Å². The monoisotopic (exact) mass is 296 g/mol. The quantitative estimate of drug-likeness (QED) is 0.514. The summed E-state index contributed by atoms with van der Waals surface area (Å²) in [4.78, 5) is 0. The Hall–Kier alpha value is -3.14. The van der Waals surface area contributed by atoms with E-state index in [2.05, 4.69) is 0 Å². The molecule has 0 bridgehead atoms. The first-order chi connectivity index (χ1) is 10.6. The second-order valence-corrected chi connectivity index (χ2v) is 4.58. The van der Waals surface area contributed by atoms with Crippen LogP contribution in [-0.2, 0) is 0 Å². The molecule has 0 amide bonds. The molecular formula is C18H16O4. The Bertz CT molecular complexity index is 654. The number of benzene rings is 3. The van der Waals surface area contributed by atoms with Crippen molar-refractivity contribution in [2.45, 2.75) is 0 Å². The Kier molecular flexibility index (Phi) is 4.88. The molecule has 0 heterocycles. The van der Waals surface area contributed by atoms with Crippen LogP contribution in [0.25, 0.3) is 11.1 Å². The third kappa shape index (κ3) is 4.18. The highest BCUT2D eigenvalue weighted by molar-refractivity contribution is 5.64. The van der Waals surface area contributed by atoms with E-state index in [0.717, 1.165) is 11.1 Å². The maximum absolute atomic E-state index is 9.11. The molecule has 22 heavy (non-hydrogen) atoms. The zero-order valence-electron chi connectivity index (χ0n) is 11.7. The fourth-order valence-electron chi connectivity index (χ4n) is 1.77. The van der Waals surface area contributed by atoms with Gasteiger partial charge < -0.3 is 20.4 Å². The van der Waals surface area contributed by atoms with Crippen LogP contribution in [0.15, 0.2) is 72.8 Å². The average molecular weight is 296 g/mol. The van der Waals surface area contributed by atoms with Crippen molar-refractivity contribution in [1.29, 1.82) is 0 Å². The van der Waals surface area contributed by atoms with E-state index in [1.807, 2.05) is 24.3 Å². The standard InChI is InChI=1S/C12H10O2.C6H6O2/c13-11-5-1-9(2-6-11)10-3-7-12(14)8-4-10;7-5-3-1-2-4-6(5)8/h1-8,13-14H;1-4,7-8H. The van der Waals surface area contributed by atoms with Gasteiger partial charge in [-0.05, 0) is 47.5 Å². The van der Waals surface area contributed by atoms with Crippen LogP contribution in [0, 0.1) is 0 Å². The highest BCUT2D eigenvalue weighted by atomic mass is 16.3. The van der Waals surface area contributed by atoms with Crippen molar-refractivity contribution in [3.63, 3.8) is 0 Å². The summed E-state index contributed by atoms with van der Waals surface area (Å²) in [5.41, 5.74) is 2.03. The Morgan fingerprint density at radius 2 is 0.727 bits per heavy atom. The second-order valence-electron chi connectivity index (χ2n) is 4.58. The lowest BCUT2D eigenvalue weighted by Gasteiger charge is -2.01. The van der Waals surface area contributed by atoms with Crippen LogP contribution in [-0.4, -0.2) is 20.4 Å². The van der Waals surface area contributed by atoms with Gasteiger partial charge in [-0.2, -0.15) is 0 Å². The predicted octanol–water partition coefficient (Wildman–Crippen LogP) is 3.86. The van der Waals surface area contributed by atoms with E-state index in [1.54, 1.807) is 36.4 Å². The summed E-state index contributed by atoms with van der Waals surface area (Å²) in [6.07, 6.45) is 0. The average Bonchev–Trinajstić information content (AvgIpc) is 2.53.